The lowest BCUT2D eigenvalue weighted by Gasteiger charge is -2.18. The molecule has 0 aliphatic carbocycles. The Morgan fingerprint density at radius 2 is 1.45 bits per heavy atom. The quantitative estimate of drug-likeness (QED) is 0.540. The lowest BCUT2D eigenvalue weighted by Crippen LogP contribution is -2.10. The molecule has 0 aromatic heterocycles. The first-order valence-electron chi connectivity index (χ1n) is 3.82. The summed E-state index contributed by atoms with van der Waals surface area (Å²) in [4.78, 5) is 0. The molecule has 0 unspecified atom stereocenters. The molecular weight excluding hydrogens is 134 g/mol. The van der Waals surface area contributed by atoms with Crippen molar-refractivity contribution in [1.82, 2.24) is 5.73 Å². The van der Waals surface area contributed by atoms with Gasteiger partial charge in [-0.2, -0.15) is 0 Å². The van der Waals surface area contributed by atoms with Crippen LogP contribution in [0.1, 0.15) is 26.3 Å². The van der Waals surface area contributed by atoms with Gasteiger partial charge >= 0.3 is 0 Å². The minimum Gasteiger partial charge on any atom is -0.301 e. The fourth-order valence-corrected chi connectivity index (χ4v) is 0.970. The summed E-state index contributed by atoms with van der Waals surface area (Å²) in [6.07, 6.45) is 0. The molecule has 0 spiro atoms. The van der Waals surface area contributed by atoms with E-state index in [2.05, 4.69) is 20.8 Å². The SMILES string of the molecule is CC(C)(C)c1ccc([NH])cc1. The zero-order valence-corrected chi connectivity index (χ0v) is 7.31. The van der Waals surface area contributed by atoms with Crippen molar-refractivity contribution < 1.29 is 0 Å². The molecule has 0 heterocycles. The standard InChI is InChI=1S/C10H14N/c1-10(2,3)8-4-6-9(11)7-5-8/h4-7,11H,1-3H3. The Labute approximate surface area is 68.2 Å². The Morgan fingerprint density at radius 3 is 1.82 bits per heavy atom. The van der Waals surface area contributed by atoms with Crippen LogP contribution < -0.4 is 5.73 Å². The van der Waals surface area contributed by atoms with E-state index in [1.54, 1.807) is 0 Å². The normalized spacial score (nSPS) is 11.5. The van der Waals surface area contributed by atoms with E-state index in [1.165, 1.54) is 5.56 Å². The van der Waals surface area contributed by atoms with Crippen molar-refractivity contribution in [1.29, 1.82) is 0 Å². The van der Waals surface area contributed by atoms with E-state index in [4.69, 9.17) is 5.73 Å². The van der Waals surface area contributed by atoms with Gasteiger partial charge in [-0.3, -0.25) is 0 Å². The zero-order chi connectivity index (χ0) is 8.48. The summed E-state index contributed by atoms with van der Waals surface area (Å²) in [5.41, 5.74) is 9.37. The lowest BCUT2D eigenvalue weighted by atomic mass is 9.87. The molecule has 0 bridgehead atoms. The summed E-state index contributed by atoms with van der Waals surface area (Å²) in [7, 11) is 0. The molecule has 1 rings (SSSR count). The largest absolute Gasteiger partial charge is 0.301 e. The molecule has 1 aromatic carbocycles. The van der Waals surface area contributed by atoms with E-state index >= 15 is 0 Å². The predicted molar refractivity (Wildman–Crippen MR) is 47.9 cm³/mol. The van der Waals surface area contributed by atoms with Crippen LogP contribution in [0.15, 0.2) is 24.3 Å². The van der Waals surface area contributed by atoms with Crippen LogP contribution in [0.2, 0.25) is 0 Å². The van der Waals surface area contributed by atoms with Crippen molar-refractivity contribution in [3.63, 3.8) is 0 Å². The van der Waals surface area contributed by atoms with Crippen molar-refractivity contribution >= 4 is 5.69 Å². The Bertz CT molecular complexity index is 228. The van der Waals surface area contributed by atoms with Crippen LogP contribution in [0.5, 0.6) is 0 Å². The monoisotopic (exact) mass is 148 g/mol. The second kappa shape index (κ2) is 2.57. The smallest absolute Gasteiger partial charge is 0.0540 e. The Kier molecular flexibility index (Phi) is 1.90. The van der Waals surface area contributed by atoms with Crippen molar-refractivity contribution in [2.75, 3.05) is 0 Å². The number of rotatable bonds is 0. The highest BCUT2D eigenvalue weighted by Crippen LogP contribution is 2.22. The van der Waals surface area contributed by atoms with Crippen molar-refractivity contribution in [2.24, 2.45) is 0 Å². The summed E-state index contributed by atoms with van der Waals surface area (Å²) >= 11 is 0. The Balaban J connectivity index is 2.99. The number of hydrogen-bond donors (Lipinski definition) is 0. The first-order chi connectivity index (χ1) is 5.00. The molecule has 0 saturated heterocycles. The Hall–Kier alpha value is -0.980. The van der Waals surface area contributed by atoms with Gasteiger partial charge in [-0.1, -0.05) is 32.9 Å². The summed E-state index contributed by atoms with van der Waals surface area (Å²) in [6.45, 7) is 6.52. The third-order valence-electron chi connectivity index (χ3n) is 1.75. The van der Waals surface area contributed by atoms with E-state index in [9.17, 15) is 0 Å². The molecule has 11 heavy (non-hydrogen) atoms. The van der Waals surface area contributed by atoms with Crippen LogP contribution in [-0.4, -0.2) is 0 Å². The summed E-state index contributed by atoms with van der Waals surface area (Å²) in [5.74, 6) is 0. The number of nitrogens with one attached hydrogen (secondary N) is 1. The fourth-order valence-electron chi connectivity index (χ4n) is 0.970. The maximum Gasteiger partial charge on any atom is 0.0540 e. The van der Waals surface area contributed by atoms with Gasteiger partial charge in [-0.15, -0.1) is 0 Å². The first kappa shape index (κ1) is 8.12. The van der Waals surface area contributed by atoms with Gasteiger partial charge in [-0.25, -0.2) is 0 Å². The van der Waals surface area contributed by atoms with Crippen LogP contribution in [-0.2, 0) is 5.41 Å². The summed E-state index contributed by atoms with van der Waals surface area (Å²) < 4.78 is 0. The van der Waals surface area contributed by atoms with Crippen LogP contribution in [0.4, 0.5) is 5.69 Å². The fraction of sp³-hybridized carbons (Fsp3) is 0.400. The maximum absolute atomic E-state index is 7.30. The topological polar surface area (TPSA) is 23.8 Å². The minimum absolute atomic E-state index is 0.202. The van der Waals surface area contributed by atoms with Crippen molar-refractivity contribution in [2.45, 2.75) is 26.2 Å². The predicted octanol–water partition coefficient (Wildman–Crippen LogP) is 2.90. The highest BCUT2D eigenvalue weighted by atomic mass is 14.5. The van der Waals surface area contributed by atoms with Gasteiger partial charge in [0.2, 0.25) is 0 Å². The molecule has 1 nitrogen and oxygen atoms in total. The van der Waals surface area contributed by atoms with Gasteiger partial charge < -0.3 is 5.73 Å². The Morgan fingerprint density at radius 1 is 1.00 bits per heavy atom. The van der Waals surface area contributed by atoms with E-state index in [1.807, 2.05) is 24.3 Å². The molecule has 0 aliphatic heterocycles. The van der Waals surface area contributed by atoms with E-state index in [0.717, 1.165) is 0 Å². The molecule has 1 aromatic rings. The molecule has 59 valence electrons. The average Bonchev–Trinajstić information content (AvgIpc) is 1.86. The van der Waals surface area contributed by atoms with Gasteiger partial charge in [0, 0.05) is 0 Å². The number of hydrogen-bond acceptors (Lipinski definition) is 0. The van der Waals surface area contributed by atoms with Gasteiger partial charge in [0.15, 0.2) is 0 Å². The van der Waals surface area contributed by atoms with Crippen LogP contribution in [0.25, 0.3) is 0 Å². The van der Waals surface area contributed by atoms with Gasteiger partial charge in [0.05, 0.1) is 5.69 Å². The van der Waals surface area contributed by atoms with Crippen LogP contribution in [0.3, 0.4) is 0 Å². The molecule has 0 atom stereocenters. The van der Waals surface area contributed by atoms with E-state index in [-0.39, 0.29) is 5.41 Å². The van der Waals surface area contributed by atoms with Gasteiger partial charge in [0.1, 0.15) is 0 Å². The summed E-state index contributed by atoms with van der Waals surface area (Å²) in [5, 5.41) is 0. The number of benzene rings is 1. The molecule has 1 heteroatoms. The van der Waals surface area contributed by atoms with E-state index < -0.39 is 0 Å². The van der Waals surface area contributed by atoms with Crippen LogP contribution in [0, 0.1) is 0 Å². The van der Waals surface area contributed by atoms with Gasteiger partial charge in [-0.05, 0) is 23.1 Å². The molecule has 0 saturated carbocycles. The van der Waals surface area contributed by atoms with Crippen molar-refractivity contribution in [3.8, 4) is 0 Å². The molecule has 0 amide bonds. The summed E-state index contributed by atoms with van der Waals surface area (Å²) in [6, 6.07) is 7.70. The second-order valence-corrected chi connectivity index (χ2v) is 3.83. The molecule has 0 fully saturated rings. The third kappa shape index (κ3) is 1.97. The molecule has 1 N–H and O–H groups in total. The zero-order valence-electron chi connectivity index (χ0n) is 7.31. The van der Waals surface area contributed by atoms with Gasteiger partial charge in [0.25, 0.3) is 0 Å². The van der Waals surface area contributed by atoms with Crippen molar-refractivity contribution in [3.05, 3.63) is 29.8 Å². The second-order valence-electron chi connectivity index (χ2n) is 3.83. The van der Waals surface area contributed by atoms with E-state index in [0.29, 0.717) is 5.69 Å². The minimum atomic E-state index is 0.202. The first-order valence-corrected chi connectivity index (χ1v) is 3.82. The highest BCUT2D eigenvalue weighted by Gasteiger charge is 2.12. The molecular formula is C10H14N. The lowest BCUT2D eigenvalue weighted by molar-refractivity contribution is 0.590. The average molecular weight is 148 g/mol. The third-order valence-corrected chi connectivity index (χ3v) is 1.75. The highest BCUT2D eigenvalue weighted by molar-refractivity contribution is 5.37. The van der Waals surface area contributed by atoms with Crippen LogP contribution >= 0.6 is 0 Å². The maximum atomic E-state index is 7.30. The molecule has 0 aliphatic rings. The molecule has 1 radical (unpaired) electrons.